The lowest BCUT2D eigenvalue weighted by Gasteiger charge is -2.15. The lowest BCUT2D eigenvalue weighted by atomic mass is 10.3. The molecule has 0 unspecified atom stereocenters. The van der Waals surface area contributed by atoms with Crippen LogP contribution in [0.25, 0.3) is 0 Å². The van der Waals surface area contributed by atoms with Crippen LogP contribution in [0.15, 0.2) is 28.2 Å². The number of rotatable bonds is 5. The van der Waals surface area contributed by atoms with Crippen molar-refractivity contribution >= 4 is 21.4 Å². The highest BCUT2D eigenvalue weighted by molar-refractivity contribution is 7.89. The molecular weight excluding hydrogens is 294 g/mol. The number of benzene rings is 1. The van der Waals surface area contributed by atoms with Gasteiger partial charge in [0.15, 0.2) is 0 Å². The molecule has 9 heteroatoms. The molecule has 1 rings (SSSR count). The normalized spacial score (nSPS) is 10.4. The van der Waals surface area contributed by atoms with Gasteiger partial charge in [0.2, 0.25) is 15.7 Å². The summed E-state index contributed by atoms with van der Waals surface area (Å²) < 4.78 is 30.5. The molecule has 0 aliphatic heterocycles. The Kier molecular flexibility index (Phi) is 5.24. The first-order valence-electron chi connectivity index (χ1n) is 5.61. The summed E-state index contributed by atoms with van der Waals surface area (Å²) in [6, 6.07) is 7.44. The molecule has 0 radical (unpaired) electrons. The van der Waals surface area contributed by atoms with E-state index in [-0.39, 0.29) is 16.4 Å². The van der Waals surface area contributed by atoms with Crippen LogP contribution in [-0.4, -0.2) is 39.6 Å². The van der Waals surface area contributed by atoms with E-state index < -0.39 is 10.0 Å². The van der Waals surface area contributed by atoms with Gasteiger partial charge in [0.25, 0.3) is 0 Å². The van der Waals surface area contributed by atoms with E-state index in [2.05, 4.69) is 10.5 Å². The molecule has 0 aliphatic carbocycles. The molecule has 0 saturated heterocycles. The van der Waals surface area contributed by atoms with Crippen molar-refractivity contribution in [3.63, 3.8) is 0 Å². The summed E-state index contributed by atoms with van der Waals surface area (Å²) in [6.07, 6.45) is 0. The number of hydrogen-bond acceptors (Lipinski definition) is 7. The molecule has 0 atom stereocenters. The Labute approximate surface area is 122 Å². The lowest BCUT2D eigenvalue weighted by molar-refractivity contribution is 0.400. The molecule has 21 heavy (non-hydrogen) atoms. The average molecular weight is 307 g/mol. The van der Waals surface area contributed by atoms with E-state index in [1.807, 2.05) is 0 Å². The number of methoxy groups -OCH3 is 1. The predicted octanol–water partition coefficient (Wildman–Crippen LogP) is 0.761. The maximum atomic E-state index is 12.2. The van der Waals surface area contributed by atoms with Gasteiger partial charge in [-0.2, -0.15) is 15.6 Å². The van der Waals surface area contributed by atoms with Gasteiger partial charge in [-0.1, -0.05) is 0 Å². The monoisotopic (exact) mass is 307 g/mol. The van der Waals surface area contributed by atoms with E-state index in [0.717, 1.165) is 4.31 Å². The van der Waals surface area contributed by atoms with E-state index >= 15 is 0 Å². The second kappa shape index (κ2) is 6.70. The molecule has 0 aliphatic rings. The Hall–Kier alpha value is -2.62. The molecule has 0 bridgehead atoms. The Bertz CT molecular complexity index is 725. The van der Waals surface area contributed by atoms with Crippen LogP contribution in [0.5, 0.6) is 5.75 Å². The highest BCUT2D eigenvalue weighted by Gasteiger charge is 2.22. The first-order valence-corrected chi connectivity index (χ1v) is 7.05. The second-order valence-corrected chi connectivity index (χ2v) is 6.07. The topological polar surface area (TPSA) is 119 Å². The fraction of sp³-hybridized carbons (Fsp3) is 0.250. The number of sulfonamides is 1. The molecule has 0 heterocycles. The number of hydrogen-bond donors (Lipinski definition) is 1. The van der Waals surface area contributed by atoms with Crippen molar-refractivity contribution in [3.8, 4) is 17.9 Å². The van der Waals surface area contributed by atoms with Crippen LogP contribution in [0, 0.1) is 22.7 Å². The largest absolute Gasteiger partial charge is 0.495 e. The maximum absolute atomic E-state index is 12.2. The smallest absolute Gasteiger partial charge is 0.246 e. The maximum Gasteiger partial charge on any atom is 0.246 e. The molecular formula is C12H13N5O3S. The van der Waals surface area contributed by atoms with Crippen molar-refractivity contribution in [2.45, 2.75) is 4.90 Å². The third kappa shape index (κ3) is 3.69. The number of nitriles is 2. The van der Waals surface area contributed by atoms with Gasteiger partial charge in [-0.25, -0.2) is 12.7 Å². The van der Waals surface area contributed by atoms with Crippen LogP contribution in [0.2, 0.25) is 0 Å². The first kappa shape index (κ1) is 16.4. The summed E-state index contributed by atoms with van der Waals surface area (Å²) in [5.41, 5.74) is 2.39. The number of hydrazone groups is 1. The summed E-state index contributed by atoms with van der Waals surface area (Å²) in [6.45, 7) is 0. The minimum Gasteiger partial charge on any atom is -0.495 e. The second-order valence-electron chi connectivity index (χ2n) is 3.95. The minimum absolute atomic E-state index is 0.0503. The molecule has 110 valence electrons. The third-order valence-corrected chi connectivity index (χ3v) is 4.27. The van der Waals surface area contributed by atoms with Crippen LogP contribution < -0.4 is 10.2 Å². The van der Waals surface area contributed by atoms with Gasteiger partial charge in [-0.3, -0.25) is 5.43 Å². The number of nitrogens with zero attached hydrogens (tertiary/aromatic N) is 4. The molecule has 1 N–H and O–H groups in total. The Morgan fingerprint density at radius 1 is 1.33 bits per heavy atom. The molecule has 0 fully saturated rings. The molecule has 1 aromatic carbocycles. The van der Waals surface area contributed by atoms with Gasteiger partial charge < -0.3 is 4.74 Å². The average Bonchev–Trinajstić information content (AvgIpc) is 2.47. The summed E-state index contributed by atoms with van der Waals surface area (Å²) in [5.74, 6) is 0.180. The Morgan fingerprint density at radius 3 is 2.43 bits per heavy atom. The van der Waals surface area contributed by atoms with Gasteiger partial charge in [-0.05, 0) is 18.2 Å². The van der Waals surface area contributed by atoms with Crippen LogP contribution >= 0.6 is 0 Å². The van der Waals surface area contributed by atoms with E-state index in [9.17, 15) is 8.42 Å². The van der Waals surface area contributed by atoms with Crippen molar-refractivity contribution in [3.05, 3.63) is 18.2 Å². The number of anilines is 1. The van der Waals surface area contributed by atoms with Crippen molar-refractivity contribution in [2.24, 2.45) is 5.10 Å². The molecule has 0 spiro atoms. The SMILES string of the molecule is COc1ccc(NN=C(C#N)C#N)cc1S(=O)(=O)N(C)C. The highest BCUT2D eigenvalue weighted by atomic mass is 32.2. The zero-order chi connectivity index (χ0) is 16.0. The minimum atomic E-state index is -3.70. The van der Waals surface area contributed by atoms with Crippen LogP contribution in [0.3, 0.4) is 0 Å². The first-order chi connectivity index (χ1) is 9.86. The van der Waals surface area contributed by atoms with Gasteiger partial charge in [0, 0.05) is 14.1 Å². The van der Waals surface area contributed by atoms with Crippen LogP contribution in [-0.2, 0) is 10.0 Å². The van der Waals surface area contributed by atoms with Crippen molar-refractivity contribution in [1.82, 2.24) is 4.31 Å². The highest BCUT2D eigenvalue weighted by Crippen LogP contribution is 2.28. The number of nitrogens with one attached hydrogen (secondary N) is 1. The van der Waals surface area contributed by atoms with E-state index in [1.54, 1.807) is 12.1 Å². The Morgan fingerprint density at radius 2 is 1.95 bits per heavy atom. The summed E-state index contributed by atoms with van der Waals surface area (Å²) in [5, 5.41) is 20.7. The van der Waals surface area contributed by atoms with E-state index in [0.29, 0.717) is 5.69 Å². The molecule has 0 saturated carbocycles. The summed E-state index contributed by atoms with van der Waals surface area (Å²) in [4.78, 5) is -0.0503. The van der Waals surface area contributed by atoms with Crippen LogP contribution in [0.4, 0.5) is 5.69 Å². The molecule has 0 aromatic heterocycles. The van der Waals surface area contributed by atoms with Crippen molar-refractivity contribution < 1.29 is 13.2 Å². The van der Waals surface area contributed by atoms with Gasteiger partial charge in [-0.15, -0.1) is 0 Å². The van der Waals surface area contributed by atoms with Crippen LogP contribution in [0.1, 0.15) is 0 Å². The third-order valence-electron chi connectivity index (χ3n) is 2.43. The summed E-state index contributed by atoms with van der Waals surface area (Å²) in [7, 11) is 0.456. The zero-order valence-corrected chi connectivity index (χ0v) is 12.5. The molecule has 1 aromatic rings. The fourth-order valence-electron chi connectivity index (χ4n) is 1.34. The lowest BCUT2D eigenvalue weighted by Crippen LogP contribution is -2.22. The van der Waals surface area contributed by atoms with E-state index in [4.69, 9.17) is 15.3 Å². The van der Waals surface area contributed by atoms with Gasteiger partial charge >= 0.3 is 0 Å². The molecule has 8 nitrogen and oxygen atoms in total. The summed E-state index contributed by atoms with van der Waals surface area (Å²) >= 11 is 0. The molecule has 0 amide bonds. The van der Waals surface area contributed by atoms with Crippen molar-refractivity contribution in [1.29, 1.82) is 10.5 Å². The standard InChI is InChI=1S/C12H13N5O3S/c1-17(2)21(18,19)12-6-9(4-5-11(12)20-3)15-16-10(7-13)8-14/h4-6,15H,1-3H3. The zero-order valence-electron chi connectivity index (χ0n) is 11.7. The van der Waals surface area contributed by atoms with Gasteiger partial charge in [0.1, 0.15) is 22.8 Å². The van der Waals surface area contributed by atoms with E-state index in [1.165, 1.54) is 39.4 Å². The Balaban J connectivity index is 3.29. The quantitative estimate of drug-likeness (QED) is 0.633. The van der Waals surface area contributed by atoms with Gasteiger partial charge in [0.05, 0.1) is 12.8 Å². The fourth-order valence-corrected chi connectivity index (χ4v) is 2.41. The number of ether oxygens (including phenoxy) is 1. The predicted molar refractivity (Wildman–Crippen MR) is 76.2 cm³/mol. The van der Waals surface area contributed by atoms with Crippen molar-refractivity contribution in [2.75, 3.05) is 26.6 Å².